The molecule has 0 unspecified atom stereocenters. The standard InChI is InChI=1S/C24H31N5O3S/c1-17(2)11-12-25-24(31)23(21-10-6-14-33-21)28(15-18-7-5-13-32-18)22(30)16-29-20-9-4-3-8-19(20)26-27-29/h3-4,6,8-10,14,17-18,23H,5,7,11-13,15-16H2,1-2H3,(H,25,31)/t18-,23-/m0/s1. The van der Waals surface area contributed by atoms with Gasteiger partial charge >= 0.3 is 0 Å². The third kappa shape index (κ3) is 5.78. The molecule has 0 aliphatic carbocycles. The van der Waals surface area contributed by atoms with Crippen LogP contribution >= 0.6 is 11.3 Å². The van der Waals surface area contributed by atoms with E-state index in [9.17, 15) is 9.59 Å². The van der Waals surface area contributed by atoms with Crippen molar-refractivity contribution in [2.24, 2.45) is 5.92 Å². The summed E-state index contributed by atoms with van der Waals surface area (Å²) in [7, 11) is 0. The average molecular weight is 470 g/mol. The number of nitrogens with zero attached hydrogens (tertiary/aromatic N) is 4. The predicted octanol–water partition coefficient (Wildman–Crippen LogP) is 3.40. The van der Waals surface area contributed by atoms with Gasteiger partial charge in [0.05, 0.1) is 11.6 Å². The number of thiophene rings is 1. The maximum atomic E-state index is 13.7. The zero-order valence-corrected chi connectivity index (χ0v) is 20.0. The quantitative estimate of drug-likeness (QED) is 0.492. The summed E-state index contributed by atoms with van der Waals surface area (Å²) in [6, 6.07) is 10.7. The molecule has 9 heteroatoms. The molecule has 2 amide bonds. The third-order valence-corrected chi connectivity index (χ3v) is 6.77. The zero-order valence-electron chi connectivity index (χ0n) is 19.1. The van der Waals surface area contributed by atoms with Crippen LogP contribution in [0.2, 0.25) is 0 Å². The lowest BCUT2D eigenvalue weighted by Gasteiger charge is -2.32. The molecule has 8 nitrogen and oxygen atoms in total. The number of amides is 2. The van der Waals surface area contributed by atoms with Crippen LogP contribution in [0.1, 0.15) is 44.0 Å². The molecule has 0 bridgehead atoms. The Hall–Kier alpha value is -2.78. The van der Waals surface area contributed by atoms with Crippen molar-refractivity contribution in [1.29, 1.82) is 0 Å². The number of carbonyl (C=O) groups is 2. The van der Waals surface area contributed by atoms with E-state index in [-0.39, 0.29) is 24.5 Å². The number of fused-ring (bicyclic) bond motifs is 1. The molecular weight excluding hydrogens is 438 g/mol. The Labute approximate surface area is 197 Å². The van der Waals surface area contributed by atoms with Crippen LogP contribution in [0.3, 0.4) is 0 Å². The highest BCUT2D eigenvalue weighted by Crippen LogP contribution is 2.28. The lowest BCUT2D eigenvalue weighted by Crippen LogP contribution is -2.47. The highest BCUT2D eigenvalue weighted by atomic mass is 32.1. The summed E-state index contributed by atoms with van der Waals surface area (Å²) in [4.78, 5) is 29.6. The van der Waals surface area contributed by atoms with Gasteiger partial charge < -0.3 is 15.0 Å². The van der Waals surface area contributed by atoms with Crippen LogP contribution in [0, 0.1) is 5.92 Å². The van der Waals surface area contributed by atoms with Crippen molar-refractivity contribution in [3.8, 4) is 0 Å². The van der Waals surface area contributed by atoms with Crippen LogP contribution in [0.15, 0.2) is 41.8 Å². The van der Waals surface area contributed by atoms with E-state index < -0.39 is 6.04 Å². The van der Waals surface area contributed by atoms with E-state index in [0.29, 0.717) is 25.6 Å². The summed E-state index contributed by atoms with van der Waals surface area (Å²) in [6.07, 6.45) is 2.65. The van der Waals surface area contributed by atoms with Gasteiger partial charge in [-0.2, -0.15) is 0 Å². The summed E-state index contributed by atoms with van der Waals surface area (Å²) in [5.74, 6) is 0.141. The molecule has 0 saturated carbocycles. The molecule has 2 aromatic heterocycles. The second-order valence-corrected chi connectivity index (χ2v) is 9.79. The largest absolute Gasteiger partial charge is 0.376 e. The van der Waals surface area contributed by atoms with Gasteiger partial charge in [0.1, 0.15) is 18.1 Å². The zero-order chi connectivity index (χ0) is 23.2. The Kier molecular flexibility index (Phi) is 7.72. The van der Waals surface area contributed by atoms with Gasteiger partial charge in [-0.25, -0.2) is 4.68 Å². The van der Waals surface area contributed by atoms with Crippen LogP contribution in [0.5, 0.6) is 0 Å². The summed E-state index contributed by atoms with van der Waals surface area (Å²) >= 11 is 1.48. The smallest absolute Gasteiger partial charge is 0.248 e. The number of benzene rings is 1. The first-order valence-corrected chi connectivity index (χ1v) is 12.4. The highest BCUT2D eigenvalue weighted by Gasteiger charge is 2.35. The molecule has 1 N–H and O–H groups in total. The van der Waals surface area contributed by atoms with Crippen molar-refractivity contribution in [3.05, 3.63) is 46.7 Å². The van der Waals surface area contributed by atoms with Crippen LogP contribution in [0.25, 0.3) is 11.0 Å². The fraction of sp³-hybridized carbons (Fsp3) is 0.500. The molecule has 33 heavy (non-hydrogen) atoms. The first kappa shape index (κ1) is 23.4. The van der Waals surface area contributed by atoms with E-state index in [1.165, 1.54) is 11.3 Å². The molecule has 2 atom stereocenters. The second-order valence-electron chi connectivity index (χ2n) is 8.81. The van der Waals surface area contributed by atoms with E-state index in [0.717, 1.165) is 35.2 Å². The Morgan fingerprint density at radius 1 is 1.27 bits per heavy atom. The maximum Gasteiger partial charge on any atom is 0.248 e. The number of rotatable bonds is 10. The Balaban J connectivity index is 1.60. The third-order valence-electron chi connectivity index (χ3n) is 5.84. The normalized spacial score (nSPS) is 16.9. The number of ether oxygens (including phenoxy) is 1. The lowest BCUT2D eigenvalue weighted by molar-refractivity contribution is -0.143. The molecule has 1 saturated heterocycles. The number of hydrogen-bond donors (Lipinski definition) is 1. The highest BCUT2D eigenvalue weighted by molar-refractivity contribution is 7.10. The predicted molar refractivity (Wildman–Crippen MR) is 128 cm³/mol. The fourth-order valence-corrected chi connectivity index (χ4v) is 4.90. The second kappa shape index (κ2) is 10.9. The van der Waals surface area contributed by atoms with Gasteiger partial charge in [-0.15, -0.1) is 16.4 Å². The number of nitrogens with one attached hydrogen (secondary N) is 1. The van der Waals surface area contributed by atoms with E-state index in [1.807, 2.05) is 41.8 Å². The first-order chi connectivity index (χ1) is 16.0. The number of carbonyl (C=O) groups excluding carboxylic acids is 2. The lowest BCUT2D eigenvalue weighted by atomic mass is 10.1. The van der Waals surface area contributed by atoms with Crippen molar-refractivity contribution < 1.29 is 14.3 Å². The summed E-state index contributed by atoms with van der Waals surface area (Å²) in [6.45, 7) is 5.88. The van der Waals surface area contributed by atoms with Crippen molar-refractivity contribution in [2.75, 3.05) is 19.7 Å². The van der Waals surface area contributed by atoms with Crippen LogP contribution in [0.4, 0.5) is 0 Å². The molecule has 1 aliphatic heterocycles. The van der Waals surface area contributed by atoms with Gasteiger partial charge in [0.25, 0.3) is 0 Å². The van der Waals surface area contributed by atoms with Crippen LogP contribution in [-0.4, -0.2) is 57.5 Å². The molecule has 0 radical (unpaired) electrons. The minimum atomic E-state index is -0.705. The number of para-hydroxylation sites is 1. The molecule has 0 spiro atoms. The van der Waals surface area contributed by atoms with Crippen LogP contribution in [-0.2, 0) is 20.9 Å². The van der Waals surface area contributed by atoms with Crippen molar-refractivity contribution >= 4 is 34.2 Å². The van der Waals surface area contributed by atoms with Crippen molar-refractivity contribution in [2.45, 2.75) is 51.8 Å². The molecule has 1 aliphatic rings. The molecule has 4 rings (SSSR count). The monoisotopic (exact) mass is 469 g/mol. The fourth-order valence-electron chi connectivity index (χ4n) is 4.06. The van der Waals surface area contributed by atoms with Gasteiger partial charge in [-0.05, 0) is 48.8 Å². The van der Waals surface area contributed by atoms with Gasteiger partial charge in [-0.3, -0.25) is 9.59 Å². The first-order valence-electron chi connectivity index (χ1n) is 11.5. The SMILES string of the molecule is CC(C)CCNC(=O)[C@H](c1cccs1)N(C[C@@H]1CCCO1)C(=O)Cn1nnc2ccccc21. The van der Waals surface area contributed by atoms with Crippen molar-refractivity contribution in [1.82, 2.24) is 25.2 Å². The van der Waals surface area contributed by atoms with Gasteiger partial charge in [-0.1, -0.05) is 37.3 Å². The minimum absolute atomic E-state index is 0.00832. The van der Waals surface area contributed by atoms with E-state index in [4.69, 9.17) is 4.74 Å². The Morgan fingerprint density at radius 2 is 2.12 bits per heavy atom. The number of aromatic nitrogens is 3. The van der Waals surface area contributed by atoms with Crippen molar-refractivity contribution in [3.63, 3.8) is 0 Å². The van der Waals surface area contributed by atoms with E-state index in [2.05, 4.69) is 29.5 Å². The molecule has 1 fully saturated rings. The summed E-state index contributed by atoms with van der Waals surface area (Å²) in [5, 5.41) is 13.3. The van der Waals surface area contributed by atoms with Gasteiger partial charge in [0.2, 0.25) is 11.8 Å². The Bertz CT molecular complexity index is 1060. The Morgan fingerprint density at radius 3 is 2.85 bits per heavy atom. The van der Waals surface area contributed by atoms with Gasteiger partial charge in [0, 0.05) is 24.6 Å². The minimum Gasteiger partial charge on any atom is -0.376 e. The summed E-state index contributed by atoms with van der Waals surface area (Å²) in [5.41, 5.74) is 1.52. The number of hydrogen-bond acceptors (Lipinski definition) is 6. The van der Waals surface area contributed by atoms with Crippen LogP contribution < -0.4 is 5.32 Å². The maximum absolute atomic E-state index is 13.7. The molecule has 3 heterocycles. The topological polar surface area (TPSA) is 89.4 Å². The molecule has 176 valence electrons. The summed E-state index contributed by atoms with van der Waals surface area (Å²) < 4.78 is 7.44. The molecule has 3 aromatic rings. The van der Waals surface area contributed by atoms with Gasteiger partial charge in [0.15, 0.2) is 0 Å². The molecule has 1 aromatic carbocycles. The average Bonchev–Trinajstić information content (AvgIpc) is 3.56. The molecular formula is C24H31N5O3S. The van der Waals surface area contributed by atoms with E-state index in [1.54, 1.807) is 9.58 Å². The van der Waals surface area contributed by atoms with E-state index >= 15 is 0 Å².